The van der Waals surface area contributed by atoms with E-state index >= 15 is 0 Å². The van der Waals surface area contributed by atoms with Gasteiger partial charge in [0, 0.05) is 12.1 Å². The quantitative estimate of drug-likeness (QED) is 0.745. The topological polar surface area (TPSA) is 29.1 Å². The van der Waals surface area contributed by atoms with Gasteiger partial charge in [0.2, 0.25) is 0 Å². The van der Waals surface area contributed by atoms with Gasteiger partial charge in [0.1, 0.15) is 0 Å². The van der Waals surface area contributed by atoms with Gasteiger partial charge in [-0.2, -0.15) is 0 Å². The third kappa shape index (κ3) is 2.09. The summed E-state index contributed by atoms with van der Waals surface area (Å²) in [6.45, 7) is 4.09. The first-order chi connectivity index (χ1) is 7.31. The van der Waals surface area contributed by atoms with Gasteiger partial charge < -0.3 is 5.32 Å². The molecule has 0 saturated carbocycles. The summed E-state index contributed by atoms with van der Waals surface area (Å²) in [6.07, 6.45) is 5.17. The van der Waals surface area contributed by atoms with Crippen molar-refractivity contribution in [1.29, 1.82) is 0 Å². The lowest BCUT2D eigenvalue weighted by molar-refractivity contribution is 0.0958. The lowest BCUT2D eigenvalue weighted by Crippen LogP contribution is -2.23. The number of hydrogen-bond donors (Lipinski definition) is 1. The molecule has 2 heteroatoms. The standard InChI is InChI=1S/C13H15NO/c1-2-8-14-13(15)12-7-6-10-4-3-5-11(10)9-12/h2,6-7,9H,1,3-5,8H2,(H,14,15). The smallest absolute Gasteiger partial charge is 0.251 e. The second kappa shape index (κ2) is 4.30. The molecule has 0 bridgehead atoms. The van der Waals surface area contributed by atoms with Gasteiger partial charge in [0.25, 0.3) is 5.91 Å². The normalized spacial score (nSPS) is 13.3. The molecule has 0 aromatic heterocycles. The van der Waals surface area contributed by atoms with Crippen molar-refractivity contribution >= 4 is 5.91 Å². The average molecular weight is 201 g/mol. The van der Waals surface area contributed by atoms with Crippen molar-refractivity contribution in [2.75, 3.05) is 6.54 Å². The molecule has 0 saturated heterocycles. The third-order valence-corrected chi connectivity index (χ3v) is 2.77. The van der Waals surface area contributed by atoms with Crippen LogP contribution in [0.1, 0.15) is 27.9 Å². The first-order valence-electron chi connectivity index (χ1n) is 5.32. The Labute approximate surface area is 90.0 Å². The Morgan fingerprint density at radius 1 is 1.40 bits per heavy atom. The van der Waals surface area contributed by atoms with Crippen molar-refractivity contribution in [3.8, 4) is 0 Å². The van der Waals surface area contributed by atoms with Crippen molar-refractivity contribution in [3.63, 3.8) is 0 Å². The van der Waals surface area contributed by atoms with Crippen molar-refractivity contribution < 1.29 is 4.79 Å². The predicted octanol–water partition coefficient (Wildman–Crippen LogP) is 2.09. The van der Waals surface area contributed by atoms with Crippen molar-refractivity contribution in [2.45, 2.75) is 19.3 Å². The van der Waals surface area contributed by atoms with Crippen molar-refractivity contribution in [3.05, 3.63) is 47.5 Å². The van der Waals surface area contributed by atoms with Gasteiger partial charge in [0.05, 0.1) is 0 Å². The summed E-state index contributed by atoms with van der Waals surface area (Å²) in [4.78, 5) is 11.6. The van der Waals surface area contributed by atoms with Crippen LogP contribution in [-0.4, -0.2) is 12.5 Å². The number of benzene rings is 1. The van der Waals surface area contributed by atoms with Crippen LogP contribution in [0.4, 0.5) is 0 Å². The molecule has 1 aliphatic carbocycles. The summed E-state index contributed by atoms with van der Waals surface area (Å²) in [7, 11) is 0. The zero-order valence-corrected chi connectivity index (χ0v) is 8.75. The van der Waals surface area contributed by atoms with Crippen molar-refractivity contribution in [2.24, 2.45) is 0 Å². The summed E-state index contributed by atoms with van der Waals surface area (Å²) in [5.74, 6) is -0.00963. The van der Waals surface area contributed by atoms with Crippen LogP contribution in [0, 0.1) is 0 Å². The fourth-order valence-electron chi connectivity index (χ4n) is 1.98. The van der Waals surface area contributed by atoms with E-state index in [0.717, 1.165) is 18.4 Å². The number of amides is 1. The Morgan fingerprint density at radius 3 is 3.00 bits per heavy atom. The number of fused-ring (bicyclic) bond motifs is 1. The van der Waals surface area contributed by atoms with E-state index in [1.165, 1.54) is 17.5 Å². The number of hydrogen-bond acceptors (Lipinski definition) is 1. The van der Waals surface area contributed by atoms with E-state index in [1.807, 2.05) is 12.1 Å². The second-order valence-corrected chi connectivity index (χ2v) is 3.84. The highest BCUT2D eigenvalue weighted by Gasteiger charge is 2.13. The molecule has 78 valence electrons. The maximum Gasteiger partial charge on any atom is 0.251 e. The zero-order valence-electron chi connectivity index (χ0n) is 8.75. The molecule has 1 N–H and O–H groups in total. The van der Waals surface area contributed by atoms with Crippen LogP contribution in [-0.2, 0) is 12.8 Å². The summed E-state index contributed by atoms with van der Waals surface area (Å²) >= 11 is 0. The largest absolute Gasteiger partial charge is 0.349 e. The van der Waals surface area contributed by atoms with E-state index in [1.54, 1.807) is 6.08 Å². The molecule has 0 fully saturated rings. The van der Waals surface area contributed by atoms with Gasteiger partial charge in [0.15, 0.2) is 0 Å². The summed E-state index contributed by atoms with van der Waals surface area (Å²) < 4.78 is 0. The van der Waals surface area contributed by atoms with E-state index in [-0.39, 0.29) is 5.91 Å². The molecule has 1 amide bonds. The number of carbonyl (C=O) groups excluding carboxylic acids is 1. The fourth-order valence-corrected chi connectivity index (χ4v) is 1.98. The van der Waals surface area contributed by atoms with Crippen LogP contribution in [0.3, 0.4) is 0 Å². The maximum atomic E-state index is 11.6. The first-order valence-corrected chi connectivity index (χ1v) is 5.32. The summed E-state index contributed by atoms with van der Waals surface area (Å²) in [5, 5.41) is 2.78. The summed E-state index contributed by atoms with van der Waals surface area (Å²) in [6, 6.07) is 5.99. The lowest BCUT2D eigenvalue weighted by atomic mass is 10.1. The molecule has 0 aliphatic heterocycles. The molecule has 0 unspecified atom stereocenters. The minimum absolute atomic E-state index is 0.00963. The van der Waals surface area contributed by atoms with E-state index in [2.05, 4.69) is 18.0 Å². The van der Waals surface area contributed by atoms with Crippen LogP contribution in [0.15, 0.2) is 30.9 Å². The number of aryl methyl sites for hydroxylation is 2. The van der Waals surface area contributed by atoms with Gasteiger partial charge in [-0.3, -0.25) is 4.79 Å². The highest BCUT2D eigenvalue weighted by Crippen LogP contribution is 2.22. The zero-order chi connectivity index (χ0) is 10.7. The highest BCUT2D eigenvalue weighted by molar-refractivity contribution is 5.94. The van der Waals surface area contributed by atoms with Crippen LogP contribution in [0.25, 0.3) is 0 Å². The Kier molecular flexibility index (Phi) is 2.86. The minimum Gasteiger partial charge on any atom is -0.349 e. The minimum atomic E-state index is -0.00963. The fraction of sp³-hybridized carbons (Fsp3) is 0.308. The molecule has 1 aliphatic rings. The molecule has 0 spiro atoms. The van der Waals surface area contributed by atoms with E-state index in [0.29, 0.717) is 6.54 Å². The Hall–Kier alpha value is -1.57. The number of nitrogens with one attached hydrogen (secondary N) is 1. The highest BCUT2D eigenvalue weighted by atomic mass is 16.1. The molecule has 0 atom stereocenters. The third-order valence-electron chi connectivity index (χ3n) is 2.77. The molecule has 2 rings (SSSR count). The van der Waals surface area contributed by atoms with Crippen LogP contribution >= 0.6 is 0 Å². The Morgan fingerprint density at radius 2 is 2.20 bits per heavy atom. The van der Waals surface area contributed by atoms with E-state index in [4.69, 9.17) is 0 Å². The van der Waals surface area contributed by atoms with Gasteiger partial charge in [-0.1, -0.05) is 12.1 Å². The predicted molar refractivity (Wildman–Crippen MR) is 61.0 cm³/mol. The lowest BCUT2D eigenvalue weighted by Gasteiger charge is -2.04. The molecule has 0 heterocycles. The number of carbonyl (C=O) groups is 1. The van der Waals surface area contributed by atoms with Crippen LogP contribution < -0.4 is 5.32 Å². The molecular weight excluding hydrogens is 186 g/mol. The Bertz CT molecular complexity index is 396. The SMILES string of the molecule is C=CCNC(=O)c1ccc2c(c1)CCC2. The molecule has 1 aromatic rings. The first kappa shape index (κ1) is 9.97. The summed E-state index contributed by atoms with van der Waals surface area (Å²) in [5.41, 5.74) is 3.49. The molecule has 1 aromatic carbocycles. The molecule has 2 nitrogen and oxygen atoms in total. The van der Waals surface area contributed by atoms with E-state index in [9.17, 15) is 4.79 Å². The number of rotatable bonds is 3. The Balaban J connectivity index is 2.15. The maximum absolute atomic E-state index is 11.6. The molecule has 0 radical (unpaired) electrons. The van der Waals surface area contributed by atoms with Crippen LogP contribution in [0.2, 0.25) is 0 Å². The van der Waals surface area contributed by atoms with Gasteiger partial charge >= 0.3 is 0 Å². The van der Waals surface area contributed by atoms with Crippen molar-refractivity contribution in [1.82, 2.24) is 5.32 Å². The van der Waals surface area contributed by atoms with Crippen LogP contribution in [0.5, 0.6) is 0 Å². The monoisotopic (exact) mass is 201 g/mol. The molecular formula is C13H15NO. The van der Waals surface area contributed by atoms with Gasteiger partial charge in [-0.15, -0.1) is 6.58 Å². The van der Waals surface area contributed by atoms with Gasteiger partial charge in [-0.05, 0) is 42.5 Å². The molecule has 15 heavy (non-hydrogen) atoms. The van der Waals surface area contributed by atoms with E-state index < -0.39 is 0 Å². The average Bonchev–Trinajstić information content (AvgIpc) is 2.72. The second-order valence-electron chi connectivity index (χ2n) is 3.84. The van der Waals surface area contributed by atoms with Gasteiger partial charge in [-0.25, -0.2) is 0 Å².